The monoisotopic (exact) mass is 364 g/mol. The molecule has 144 valence electrons. The smallest absolute Gasteiger partial charge is 0.193 e. The number of carbonyl (C=O) groups is 1. The van der Waals surface area contributed by atoms with Gasteiger partial charge in [0.2, 0.25) is 0 Å². The molecule has 1 aliphatic rings. The Kier molecular flexibility index (Phi) is 7.08. The first-order valence-corrected chi connectivity index (χ1v) is 12.6. The van der Waals surface area contributed by atoms with Crippen LogP contribution in [0.2, 0.25) is 18.1 Å². The molecule has 0 saturated heterocycles. The third-order valence-corrected chi connectivity index (χ3v) is 10.9. The highest BCUT2D eigenvalue weighted by molar-refractivity contribution is 6.74. The van der Waals surface area contributed by atoms with Gasteiger partial charge in [0.1, 0.15) is 6.10 Å². The molecule has 0 heterocycles. The largest absolute Gasteiger partial charge is 0.407 e. The van der Waals surface area contributed by atoms with Crippen LogP contribution in [0.25, 0.3) is 0 Å². The number of ketones is 1. The summed E-state index contributed by atoms with van der Waals surface area (Å²) < 4.78 is 6.66. The number of hydrogen-bond donors (Lipinski definition) is 0. The highest BCUT2D eigenvalue weighted by Gasteiger charge is 2.54. The molecule has 0 N–H and O–H groups in total. The minimum absolute atomic E-state index is 0.0224. The summed E-state index contributed by atoms with van der Waals surface area (Å²) >= 11 is 0. The minimum atomic E-state index is -1.96. The Morgan fingerprint density at radius 2 is 1.96 bits per heavy atom. The normalized spacial score (nSPS) is 28.7. The van der Waals surface area contributed by atoms with E-state index in [1.807, 2.05) is 6.08 Å². The molecule has 0 aromatic rings. The molecule has 2 nitrogen and oxygen atoms in total. The van der Waals surface area contributed by atoms with E-state index in [1.54, 1.807) is 0 Å². The quantitative estimate of drug-likeness (QED) is 0.378. The van der Waals surface area contributed by atoms with Crippen molar-refractivity contribution >= 4 is 14.1 Å². The van der Waals surface area contributed by atoms with Crippen LogP contribution in [0.3, 0.4) is 0 Å². The molecule has 0 unspecified atom stereocenters. The van der Waals surface area contributed by atoms with E-state index < -0.39 is 8.32 Å². The lowest BCUT2D eigenvalue weighted by atomic mass is 9.70. The fourth-order valence-corrected chi connectivity index (χ4v) is 5.26. The van der Waals surface area contributed by atoms with Crippen molar-refractivity contribution in [1.82, 2.24) is 0 Å². The molecule has 0 aliphatic heterocycles. The summed E-state index contributed by atoms with van der Waals surface area (Å²) in [7, 11) is -1.96. The Morgan fingerprint density at radius 1 is 1.40 bits per heavy atom. The highest BCUT2D eigenvalue weighted by Crippen LogP contribution is 2.51. The van der Waals surface area contributed by atoms with Crippen molar-refractivity contribution in [1.29, 1.82) is 0 Å². The molecule has 3 heteroatoms. The fourth-order valence-electron chi connectivity index (χ4n) is 3.99. The van der Waals surface area contributed by atoms with Gasteiger partial charge in [-0.05, 0) is 55.1 Å². The van der Waals surface area contributed by atoms with Crippen molar-refractivity contribution < 1.29 is 9.22 Å². The maximum atomic E-state index is 12.9. The predicted octanol–water partition coefficient (Wildman–Crippen LogP) is 6.54. The SMILES string of the molecule is C=C/C=C(\C)CC[C@@]1(C)CC(=O)[C@@H](O[Si](C)(C)C(C)(C)C)[C@@H]1C(C)C. The van der Waals surface area contributed by atoms with Gasteiger partial charge in [-0.15, -0.1) is 0 Å². The second kappa shape index (κ2) is 7.92. The topological polar surface area (TPSA) is 26.3 Å². The minimum Gasteiger partial charge on any atom is -0.407 e. The fraction of sp³-hybridized carbons (Fsp3) is 0.773. The van der Waals surface area contributed by atoms with Gasteiger partial charge in [0, 0.05) is 6.42 Å². The van der Waals surface area contributed by atoms with Crippen molar-refractivity contribution in [2.24, 2.45) is 17.3 Å². The molecule has 1 fully saturated rings. The van der Waals surface area contributed by atoms with Crippen LogP contribution in [-0.2, 0) is 9.22 Å². The van der Waals surface area contributed by atoms with Gasteiger partial charge >= 0.3 is 0 Å². The van der Waals surface area contributed by atoms with Gasteiger partial charge in [0.25, 0.3) is 0 Å². The van der Waals surface area contributed by atoms with Crippen molar-refractivity contribution in [2.45, 2.75) is 92.0 Å². The van der Waals surface area contributed by atoms with E-state index in [0.29, 0.717) is 24.0 Å². The summed E-state index contributed by atoms with van der Waals surface area (Å²) in [5, 5.41) is 0.122. The summed E-state index contributed by atoms with van der Waals surface area (Å²) in [6.45, 7) is 24.0. The van der Waals surface area contributed by atoms with E-state index in [0.717, 1.165) is 12.8 Å². The van der Waals surface area contributed by atoms with Gasteiger partial charge in [-0.3, -0.25) is 4.79 Å². The average molecular weight is 365 g/mol. The summed E-state index contributed by atoms with van der Waals surface area (Å²) in [5.74, 6) is 1.05. The van der Waals surface area contributed by atoms with Crippen LogP contribution in [0.15, 0.2) is 24.3 Å². The standard InChI is InChI=1S/C22H40O2Si/c1-11-12-17(4)13-14-22(8)15-18(23)20(19(22)16(2)3)24-25(9,10)21(5,6)7/h11-12,16,19-20H,1,13-15H2,2-10H3/b17-12+/t19-,20+,22-/m0/s1. The molecule has 0 amide bonds. The first kappa shape index (κ1) is 22.4. The number of hydrogen-bond acceptors (Lipinski definition) is 2. The van der Waals surface area contributed by atoms with Crippen LogP contribution >= 0.6 is 0 Å². The van der Waals surface area contributed by atoms with Crippen LogP contribution < -0.4 is 0 Å². The van der Waals surface area contributed by atoms with Crippen molar-refractivity contribution in [2.75, 3.05) is 0 Å². The molecule has 1 rings (SSSR count). The first-order valence-electron chi connectivity index (χ1n) is 9.74. The molecular formula is C22H40O2Si. The zero-order valence-corrected chi connectivity index (χ0v) is 19.0. The van der Waals surface area contributed by atoms with Crippen molar-refractivity contribution in [3.05, 3.63) is 24.3 Å². The molecule has 1 aliphatic carbocycles. The van der Waals surface area contributed by atoms with Crippen LogP contribution in [-0.4, -0.2) is 20.2 Å². The van der Waals surface area contributed by atoms with Crippen molar-refractivity contribution in [3.8, 4) is 0 Å². The van der Waals surface area contributed by atoms with Gasteiger partial charge < -0.3 is 4.43 Å². The summed E-state index contributed by atoms with van der Waals surface area (Å²) in [5.41, 5.74) is 1.36. The van der Waals surface area contributed by atoms with Crippen LogP contribution in [0.4, 0.5) is 0 Å². The van der Waals surface area contributed by atoms with Crippen LogP contribution in [0.5, 0.6) is 0 Å². The summed E-state index contributed by atoms with van der Waals surface area (Å²) in [6, 6.07) is 0. The average Bonchev–Trinajstić information content (AvgIpc) is 2.67. The Morgan fingerprint density at radius 3 is 2.40 bits per heavy atom. The van der Waals surface area contributed by atoms with E-state index in [2.05, 4.69) is 74.2 Å². The maximum absolute atomic E-state index is 12.9. The summed E-state index contributed by atoms with van der Waals surface area (Å²) in [6.07, 6.45) is 6.40. The van der Waals surface area contributed by atoms with Gasteiger partial charge in [-0.25, -0.2) is 0 Å². The second-order valence-electron chi connectivity index (χ2n) is 10.1. The van der Waals surface area contributed by atoms with Gasteiger partial charge in [-0.1, -0.05) is 65.8 Å². The Labute approximate surface area is 157 Å². The zero-order chi connectivity index (χ0) is 19.6. The Bertz CT molecular complexity index is 525. The molecule has 25 heavy (non-hydrogen) atoms. The molecule has 0 aromatic carbocycles. The van der Waals surface area contributed by atoms with Gasteiger partial charge in [0.15, 0.2) is 14.1 Å². The zero-order valence-electron chi connectivity index (χ0n) is 18.0. The van der Waals surface area contributed by atoms with Gasteiger partial charge in [0.05, 0.1) is 0 Å². The lowest BCUT2D eigenvalue weighted by molar-refractivity contribution is -0.125. The number of Topliss-reactive ketones (excluding diaryl/α,β-unsaturated/α-hetero) is 1. The second-order valence-corrected chi connectivity index (χ2v) is 14.9. The Hall–Kier alpha value is -0.673. The third kappa shape index (κ3) is 5.16. The first-order chi connectivity index (χ1) is 11.2. The summed E-state index contributed by atoms with van der Waals surface area (Å²) in [4.78, 5) is 12.9. The number of allylic oxidation sites excluding steroid dienone is 3. The van der Waals surface area contributed by atoms with Gasteiger partial charge in [-0.2, -0.15) is 0 Å². The maximum Gasteiger partial charge on any atom is 0.193 e. The van der Waals surface area contributed by atoms with E-state index in [9.17, 15) is 4.79 Å². The van der Waals surface area contributed by atoms with Crippen LogP contribution in [0.1, 0.15) is 67.7 Å². The predicted molar refractivity (Wildman–Crippen MR) is 111 cm³/mol. The molecule has 3 atom stereocenters. The molecule has 0 spiro atoms. The number of carbonyl (C=O) groups excluding carboxylic acids is 1. The van der Waals surface area contributed by atoms with E-state index in [1.165, 1.54) is 5.57 Å². The molecule has 1 saturated carbocycles. The molecule has 0 radical (unpaired) electrons. The van der Waals surface area contributed by atoms with Crippen molar-refractivity contribution in [3.63, 3.8) is 0 Å². The van der Waals surface area contributed by atoms with E-state index in [4.69, 9.17) is 4.43 Å². The molecule has 0 bridgehead atoms. The van der Waals surface area contributed by atoms with Crippen LogP contribution in [0, 0.1) is 17.3 Å². The lowest BCUT2D eigenvalue weighted by Gasteiger charge is -2.42. The number of rotatable bonds is 7. The highest BCUT2D eigenvalue weighted by atomic mass is 28.4. The van der Waals surface area contributed by atoms with E-state index in [-0.39, 0.29) is 16.6 Å². The Balaban J connectivity index is 3.07. The van der Waals surface area contributed by atoms with E-state index >= 15 is 0 Å². The molecule has 0 aromatic heterocycles. The lowest BCUT2D eigenvalue weighted by Crippen LogP contribution is -2.48. The third-order valence-electron chi connectivity index (χ3n) is 6.47. The molecular weight excluding hydrogens is 324 g/mol.